The number of anilines is 2. The molecule has 4 rings (SSSR count). The van der Waals surface area contributed by atoms with Gasteiger partial charge in [-0.1, -0.05) is 0 Å². The van der Waals surface area contributed by atoms with Gasteiger partial charge in [0.15, 0.2) is 0 Å². The lowest BCUT2D eigenvalue weighted by Gasteiger charge is -2.35. The first-order valence-electron chi connectivity index (χ1n) is 9.80. The van der Waals surface area contributed by atoms with Crippen LogP contribution in [0.3, 0.4) is 0 Å². The predicted molar refractivity (Wildman–Crippen MR) is 113 cm³/mol. The van der Waals surface area contributed by atoms with E-state index in [2.05, 4.69) is 36.3 Å². The van der Waals surface area contributed by atoms with E-state index >= 15 is 0 Å². The van der Waals surface area contributed by atoms with Crippen molar-refractivity contribution in [1.82, 2.24) is 19.3 Å². The summed E-state index contributed by atoms with van der Waals surface area (Å²) in [5.41, 5.74) is 1.75. The Morgan fingerprint density at radius 1 is 1.07 bits per heavy atom. The van der Waals surface area contributed by atoms with Crippen molar-refractivity contribution in [3.8, 4) is 0 Å². The third-order valence-electron chi connectivity index (χ3n) is 5.29. The largest absolute Gasteiger partial charge is 0.383 e. The van der Waals surface area contributed by atoms with Crippen LogP contribution in [0.5, 0.6) is 0 Å². The number of nitrogens with zero attached hydrogens (tertiary/aromatic N) is 6. The lowest BCUT2D eigenvalue weighted by Crippen LogP contribution is -2.47. The molecule has 1 fully saturated rings. The summed E-state index contributed by atoms with van der Waals surface area (Å²) in [7, 11) is 3.44. The van der Waals surface area contributed by atoms with Crippen LogP contribution in [-0.4, -0.2) is 78.7 Å². The Bertz CT molecular complexity index is 966. The Morgan fingerprint density at radius 2 is 1.76 bits per heavy atom. The van der Waals surface area contributed by atoms with Crippen LogP contribution >= 0.6 is 0 Å². The summed E-state index contributed by atoms with van der Waals surface area (Å²) in [6, 6.07) is 9.92. The van der Waals surface area contributed by atoms with Crippen LogP contribution in [0.2, 0.25) is 0 Å². The highest BCUT2D eigenvalue weighted by molar-refractivity contribution is 5.94. The maximum Gasteiger partial charge on any atom is 0.255 e. The lowest BCUT2D eigenvalue weighted by molar-refractivity contribution is 0.0744. The minimum Gasteiger partial charge on any atom is -0.383 e. The lowest BCUT2D eigenvalue weighted by atomic mass is 10.2. The monoisotopic (exact) mass is 394 g/mol. The number of ether oxygens (including phenoxy) is 1. The second kappa shape index (κ2) is 8.48. The third-order valence-corrected chi connectivity index (χ3v) is 5.29. The van der Waals surface area contributed by atoms with Crippen LogP contribution in [0.25, 0.3) is 5.52 Å². The topological polar surface area (TPSA) is 66.2 Å². The fourth-order valence-corrected chi connectivity index (χ4v) is 3.61. The van der Waals surface area contributed by atoms with Gasteiger partial charge in [0.25, 0.3) is 5.91 Å². The Hall–Kier alpha value is -3.13. The summed E-state index contributed by atoms with van der Waals surface area (Å²) in [6.45, 7) is 4.54. The predicted octanol–water partition coefficient (Wildman–Crippen LogP) is 1.77. The molecule has 1 aliphatic rings. The molecule has 29 heavy (non-hydrogen) atoms. The molecule has 0 spiro atoms. The molecule has 0 radical (unpaired) electrons. The molecular formula is C21H26N6O2. The number of carbonyl (C=O) groups is 1. The molecule has 0 unspecified atom stereocenters. The molecule has 1 amide bonds. The number of likely N-dealkylation sites (N-methyl/N-ethyl adjacent to an activating group) is 1. The Kier molecular flexibility index (Phi) is 5.62. The van der Waals surface area contributed by atoms with Crippen molar-refractivity contribution in [2.24, 2.45) is 0 Å². The first-order valence-corrected chi connectivity index (χ1v) is 9.80. The highest BCUT2D eigenvalue weighted by Gasteiger charge is 2.21. The average Bonchev–Trinajstić information content (AvgIpc) is 3.21. The molecule has 8 nitrogen and oxygen atoms in total. The normalized spacial score (nSPS) is 14.4. The summed E-state index contributed by atoms with van der Waals surface area (Å²) in [4.78, 5) is 27.7. The number of aromatic nitrogens is 3. The van der Waals surface area contributed by atoms with Gasteiger partial charge < -0.3 is 23.8 Å². The molecular weight excluding hydrogens is 368 g/mol. The number of fused-ring (bicyclic) bond motifs is 1. The van der Waals surface area contributed by atoms with Crippen LogP contribution in [0.1, 0.15) is 10.4 Å². The number of pyridine rings is 1. The van der Waals surface area contributed by atoms with Gasteiger partial charge in [0.2, 0.25) is 5.95 Å². The van der Waals surface area contributed by atoms with Crippen molar-refractivity contribution in [2.45, 2.75) is 0 Å². The number of rotatable bonds is 6. The zero-order chi connectivity index (χ0) is 20.2. The highest BCUT2D eigenvalue weighted by atomic mass is 16.5. The van der Waals surface area contributed by atoms with Crippen LogP contribution in [-0.2, 0) is 4.74 Å². The fraction of sp³-hybridized carbons (Fsp3) is 0.381. The van der Waals surface area contributed by atoms with E-state index in [1.165, 1.54) is 0 Å². The number of methoxy groups -OCH3 is 1. The van der Waals surface area contributed by atoms with Gasteiger partial charge in [-0.2, -0.15) is 0 Å². The molecule has 3 aromatic rings. The van der Waals surface area contributed by atoms with Gasteiger partial charge >= 0.3 is 0 Å². The molecule has 152 valence electrons. The minimum absolute atomic E-state index is 0.00496. The molecule has 0 atom stereocenters. The summed E-state index contributed by atoms with van der Waals surface area (Å²) in [5, 5.41) is 0. The van der Waals surface area contributed by atoms with E-state index in [1.807, 2.05) is 24.4 Å². The van der Waals surface area contributed by atoms with Gasteiger partial charge in [0.05, 0.1) is 12.2 Å². The van der Waals surface area contributed by atoms with Gasteiger partial charge in [-0.15, -0.1) is 0 Å². The minimum atomic E-state index is -0.00496. The summed E-state index contributed by atoms with van der Waals surface area (Å²) >= 11 is 0. The Labute approximate surface area is 170 Å². The molecule has 0 N–H and O–H groups in total. The maximum atomic E-state index is 12.7. The van der Waals surface area contributed by atoms with Crippen molar-refractivity contribution >= 4 is 23.2 Å². The molecule has 1 aliphatic heterocycles. The van der Waals surface area contributed by atoms with E-state index in [1.54, 1.807) is 31.5 Å². The number of hydrogen-bond donors (Lipinski definition) is 0. The summed E-state index contributed by atoms with van der Waals surface area (Å²) in [6.07, 6.45) is 5.48. The highest BCUT2D eigenvalue weighted by Crippen LogP contribution is 2.23. The van der Waals surface area contributed by atoms with E-state index in [-0.39, 0.29) is 5.91 Å². The number of carbonyl (C=O) groups excluding carboxylic acids is 1. The van der Waals surface area contributed by atoms with Gasteiger partial charge in [-0.3, -0.25) is 4.79 Å². The Balaban J connectivity index is 1.50. The van der Waals surface area contributed by atoms with Crippen molar-refractivity contribution in [2.75, 3.05) is 63.3 Å². The van der Waals surface area contributed by atoms with Crippen LogP contribution in [0.15, 0.2) is 48.9 Å². The van der Waals surface area contributed by atoms with Crippen molar-refractivity contribution in [3.63, 3.8) is 0 Å². The zero-order valence-corrected chi connectivity index (χ0v) is 16.9. The summed E-state index contributed by atoms with van der Waals surface area (Å²) < 4.78 is 7.18. The van der Waals surface area contributed by atoms with E-state index in [0.717, 1.165) is 43.5 Å². The second-order valence-electron chi connectivity index (χ2n) is 7.15. The van der Waals surface area contributed by atoms with Crippen molar-refractivity contribution < 1.29 is 9.53 Å². The molecule has 0 aromatic carbocycles. The van der Waals surface area contributed by atoms with Gasteiger partial charge in [-0.25, -0.2) is 9.97 Å². The molecule has 3 aromatic heterocycles. The zero-order valence-electron chi connectivity index (χ0n) is 16.9. The summed E-state index contributed by atoms with van der Waals surface area (Å²) in [5.74, 6) is 1.87. The quantitative estimate of drug-likeness (QED) is 0.635. The van der Waals surface area contributed by atoms with Gasteiger partial charge in [-0.05, 0) is 30.3 Å². The average molecular weight is 394 g/mol. The molecule has 0 saturated carbocycles. The van der Waals surface area contributed by atoms with Crippen LogP contribution < -0.4 is 9.80 Å². The van der Waals surface area contributed by atoms with Gasteiger partial charge in [0, 0.05) is 71.0 Å². The molecule has 1 saturated heterocycles. The second-order valence-corrected chi connectivity index (χ2v) is 7.15. The SMILES string of the molecule is COCCN(C)C(=O)c1ccc2ccc(N3CCN(c4ncccn4)CC3)n2c1. The standard InChI is InChI=1S/C21H26N6O2/c1-24(14-15-29-2)20(28)17-4-5-18-6-7-19(27(18)16-17)25-10-12-26(13-11-25)21-22-8-3-9-23-21/h3-9,16H,10-15H2,1-2H3. The van der Waals surface area contributed by atoms with E-state index in [0.29, 0.717) is 18.7 Å². The molecule has 0 bridgehead atoms. The molecule has 8 heteroatoms. The van der Waals surface area contributed by atoms with Gasteiger partial charge in [0.1, 0.15) is 5.82 Å². The number of piperazine rings is 1. The fourth-order valence-electron chi connectivity index (χ4n) is 3.61. The van der Waals surface area contributed by atoms with E-state index in [4.69, 9.17) is 4.74 Å². The first kappa shape index (κ1) is 19.2. The number of hydrogen-bond acceptors (Lipinski definition) is 6. The Morgan fingerprint density at radius 3 is 2.48 bits per heavy atom. The molecule has 4 heterocycles. The van der Waals surface area contributed by atoms with E-state index < -0.39 is 0 Å². The smallest absolute Gasteiger partial charge is 0.255 e. The molecule has 0 aliphatic carbocycles. The van der Waals surface area contributed by atoms with Crippen LogP contribution in [0.4, 0.5) is 11.8 Å². The van der Waals surface area contributed by atoms with E-state index in [9.17, 15) is 4.79 Å². The third kappa shape index (κ3) is 4.02. The number of amides is 1. The first-order chi connectivity index (χ1) is 14.2. The van der Waals surface area contributed by atoms with Crippen molar-refractivity contribution in [3.05, 3.63) is 54.5 Å². The maximum absolute atomic E-state index is 12.7. The van der Waals surface area contributed by atoms with Crippen molar-refractivity contribution in [1.29, 1.82) is 0 Å². The van der Waals surface area contributed by atoms with Crippen LogP contribution in [0, 0.1) is 0 Å².